The van der Waals surface area contributed by atoms with Crippen LogP contribution in [-0.4, -0.2) is 31.1 Å². The predicted octanol–water partition coefficient (Wildman–Crippen LogP) is 2.75. The van der Waals surface area contributed by atoms with E-state index >= 15 is 0 Å². The van der Waals surface area contributed by atoms with Crippen LogP contribution in [0.3, 0.4) is 0 Å². The van der Waals surface area contributed by atoms with Gasteiger partial charge in [-0.2, -0.15) is 0 Å². The first kappa shape index (κ1) is 12.1. The minimum Gasteiger partial charge on any atom is -0.384 e. The lowest BCUT2D eigenvalue weighted by Crippen LogP contribution is -2.31. The Morgan fingerprint density at radius 2 is 1.80 bits per heavy atom. The smallest absolute Gasteiger partial charge is 0.0340 e. The third kappa shape index (κ3) is 4.34. The fraction of sp³-hybridized carbons (Fsp3) is 0.538. The van der Waals surface area contributed by atoms with Crippen LogP contribution in [0.1, 0.15) is 19.4 Å². The molecule has 0 aliphatic rings. The fourth-order valence-electron chi connectivity index (χ4n) is 1.31. The Morgan fingerprint density at radius 3 is 2.33 bits per heavy atom. The van der Waals surface area contributed by atoms with Gasteiger partial charge in [0, 0.05) is 24.8 Å². The topological polar surface area (TPSA) is 15.3 Å². The van der Waals surface area contributed by atoms with E-state index in [0.29, 0.717) is 6.04 Å². The Balaban J connectivity index is 2.29. The summed E-state index contributed by atoms with van der Waals surface area (Å²) in [5, 5.41) is 3.42. The van der Waals surface area contributed by atoms with Gasteiger partial charge >= 0.3 is 0 Å². The fourth-order valence-corrected chi connectivity index (χ4v) is 1.31. The van der Waals surface area contributed by atoms with E-state index in [1.807, 2.05) is 0 Å². The van der Waals surface area contributed by atoms with Crippen LogP contribution in [0.4, 0.5) is 5.69 Å². The molecule has 15 heavy (non-hydrogen) atoms. The van der Waals surface area contributed by atoms with Gasteiger partial charge in [-0.25, -0.2) is 0 Å². The summed E-state index contributed by atoms with van der Waals surface area (Å²) < 4.78 is 0. The van der Waals surface area contributed by atoms with E-state index in [2.05, 4.69) is 62.3 Å². The molecule has 0 aromatic heterocycles. The highest BCUT2D eigenvalue weighted by molar-refractivity contribution is 5.44. The van der Waals surface area contributed by atoms with Gasteiger partial charge in [0.25, 0.3) is 0 Å². The van der Waals surface area contributed by atoms with Gasteiger partial charge in [0.1, 0.15) is 0 Å². The highest BCUT2D eigenvalue weighted by atomic mass is 15.1. The molecule has 0 atom stereocenters. The third-order valence-electron chi connectivity index (χ3n) is 2.73. The van der Waals surface area contributed by atoms with Crippen LogP contribution in [0, 0.1) is 6.92 Å². The summed E-state index contributed by atoms with van der Waals surface area (Å²) in [5.41, 5.74) is 2.51. The van der Waals surface area contributed by atoms with E-state index in [1.54, 1.807) is 0 Å². The van der Waals surface area contributed by atoms with E-state index in [0.717, 1.165) is 13.1 Å². The van der Waals surface area contributed by atoms with Gasteiger partial charge in [-0.1, -0.05) is 17.7 Å². The summed E-state index contributed by atoms with van der Waals surface area (Å²) in [5.74, 6) is 0. The van der Waals surface area contributed by atoms with Gasteiger partial charge in [0.05, 0.1) is 0 Å². The molecular formula is C13H22N2. The maximum absolute atomic E-state index is 3.42. The molecular weight excluding hydrogens is 184 g/mol. The maximum Gasteiger partial charge on any atom is 0.0340 e. The molecule has 2 heteroatoms. The van der Waals surface area contributed by atoms with Crippen LogP contribution in [-0.2, 0) is 0 Å². The van der Waals surface area contributed by atoms with Crippen molar-refractivity contribution in [1.29, 1.82) is 0 Å². The van der Waals surface area contributed by atoms with Crippen molar-refractivity contribution in [3.63, 3.8) is 0 Å². The van der Waals surface area contributed by atoms with Crippen molar-refractivity contribution >= 4 is 5.69 Å². The molecule has 1 N–H and O–H groups in total. The number of nitrogens with one attached hydrogen (secondary N) is 1. The predicted molar refractivity (Wildman–Crippen MR) is 67.4 cm³/mol. The summed E-state index contributed by atoms with van der Waals surface area (Å²) in [7, 11) is 2.15. The summed E-state index contributed by atoms with van der Waals surface area (Å²) in [4.78, 5) is 2.33. The number of rotatable bonds is 5. The number of benzene rings is 1. The number of anilines is 1. The number of aryl methyl sites for hydroxylation is 1. The molecule has 0 heterocycles. The largest absolute Gasteiger partial charge is 0.384 e. The Kier molecular flexibility index (Phi) is 4.63. The van der Waals surface area contributed by atoms with Crippen molar-refractivity contribution in [1.82, 2.24) is 4.90 Å². The second-order valence-electron chi connectivity index (χ2n) is 4.37. The van der Waals surface area contributed by atoms with Crippen LogP contribution in [0.5, 0.6) is 0 Å². The van der Waals surface area contributed by atoms with Crippen molar-refractivity contribution in [2.75, 3.05) is 25.5 Å². The maximum atomic E-state index is 3.42. The van der Waals surface area contributed by atoms with E-state index in [4.69, 9.17) is 0 Å². The normalized spacial score (nSPS) is 11.1. The number of hydrogen-bond acceptors (Lipinski definition) is 2. The molecule has 0 saturated carbocycles. The molecule has 2 nitrogen and oxygen atoms in total. The molecule has 0 aliphatic carbocycles. The monoisotopic (exact) mass is 206 g/mol. The number of likely N-dealkylation sites (N-methyl/N-ethyl adjacent to an activating group) is 1. The van der Waals surface area contributed by atoms with Crippen molar-refractivity contribution in [3.05, 3.63) is 29.8 Å². The Morgan fingerprint density at radius 1 is 1.20 bits per heavy atom. The van der Waals surface area contributed by atoms with Crippen LogP contribution in [0.2, 0.25) is 0 Å². The molecule has 1 rings (SSSR count). The molecule has 84 valence electrons. The van der Waals surface area contributed by atoms with Gasteiger partial charge in [0.15, 0.2) is 0 Å². The molecule has 0 unspecified atom stereocenters. The van der Waals surface area contributed by atoms with E-state index in [9.17, 15) is 0 Å². The van der Waals surface area contributed by atoms with Crippen molar-refractivity contribution in [2.45, 2.75) is 26.8 Å². The van der Waals surface area contributed by atoms with Gasteiger partial charge in [-0.15, -0.1) is 0 Å². The quantitative estimate of drug-likeness (QED) is 0.797. The number of nitrogens with zero attached hydrogens (tertiary/aromatic N) is 1. The van der Waals surface area contributed by atoms with E-state index < -0.39 is 0 Å². The lowest BCUT2D eigenvalue weighted by atomic mass is 10.2. The molecule has 0 aliphatic heterocycles. The van der Waals surface area contributed by atoms with Gasteiger partial charge in [-0.3, -0.25) is 0 Å². The first-order valence-corrected chi connectivity index (χ1v) is 5.60. The van der Waals surface area contributed by atoms with E-state index in [1.165, 1.54) is 11.3 Å². The van der Waals surface area contributed by atoms with Crippen LogP contribution in [0.15, 0.2) is 24.3 Å². The highest BCUT2D eigenvalue weighted by Crippen LogP contribution is 2.07. The molecule has 0 spiro atoms. The Labute approximate surface area is 93.3 Å². The van der Waals surface area contributed by atoms with Crippen molar-refractivity contribution in [3.8, 4) is 0 Å². The van der Waals surface area contributed by atoms with Gasteiger partial charge in [0.2, 0.25) is 0 Å². The first-order chi connectivity index (χ1) is 7.09. The summed E-state index contributed by atoms with van der Waals surface area (Å²) in [6.07, 6.45) is 0. The van der Waals surface area contributed by atoms with Crippen LogP contribution < -0.4 is 5.32 Å². The molecule has 1 aromatic rings. The molecule has 1 aromatic carbocycles. The van der Waals surface area contributed by atoms with Gasteiger partial charge in [-0.05, 0) is 40.0 Å². The van der Waals surface area contributed by atoms with Crippen LogP contribution in [0.25, 0.3) is 0 Å². The van der Waals surface area contributed by atoms with Crippen LogP contribution >= 0.6 is 0 Å². The average Bonchev–Trinajstić information content (AvgIpc) is 2.20. The summed E-state index contributed by atoms with van der Waals surface area (Å²) in [6.45, 7) is 8.61. The molecule has 0 fully saturated rings. The Hall–Kier alpha value is -1.02. The lowest BCUT2D eigenvalue weighted by molar-refractivity contribution is 0.284. The van der Waals surface area contributed by atoms with Crippen molar-refractivity contribution < 1.29 is 0 Å². The summed E-state index contributed by atoms with van der Waals surface area (Å²) in [6, 6.07) is 9.14. The van der Waals surface area contributed by atoms with Gasteiger partial charge < -0.3 is 10.2 Å². The van der Waals surface area contributed by atoms with Crippen molar-refractivity contribution in [2.24, 2.45) is 0 Å². The zero-order valence-electron chi connectivity index (χ0n) is 10.2. The third-order valence-corrected chi connectivity index (χ3v) is 2.73. The lowest BCUT2D eigenvalue weighted by Gasteiger charge is -2.21. The van der Waals surface area contributed by atoms with E-state index in [-0.39, 0.29) is 0 Å². The zero-order chi connectivity index (χ0) is 11.3. The SMILES string of the molecule is Cc1ccc(NCCN(C)C(C)C)cc1. The standard InChI is InChI=1S/C13H22N2/c1-11(2)15(4)10-9-14-13-7-5-12(3)6-8-13/h5-8,11,14H,9-10H2,1-4H3. The second kappa shape index (κ2) is 5.76. The molecule has 0 amide bonds. The number of hydrogen-bond donors (Lipinski definition) is 1. The second-order valence-corrected chi connectivity index (χ2v) is 4.37. The molecule has 0 radical (unpaired) electrons. The minimum absolute atomic E-state index is 0.616. The average molecular weight is 206 g/mol. The zero-order valence-corrected chi connectivity index (χ0v) is 10.2. The molecule has 0 bridgehead atoms. The first-order valence-electron chi connectivity index (χ1n) is 5.60. The summed E-state index contributed by atoms with van der Waals surface area (Å²) >= 11 is 0. The highest BCUT2D eigenvalue weighted by Gasteiger charge is 2.01. The Bertz CT molecular complexity index is 277. The molecule has 0 saturated heterocycles. The minimum atomic E-state index is 0.616.